The van der Waals surface area contributed by atoms with E-state index in [0.29, 0.717) is 12.2 Å². The lowest BCUT2D eigenvalue weighted by Gasteiger charge is -2.13. The third-order valence-corrected chi connectivity index (χ3v) is 4.81. The molecule has 118 valence electrons. The minimum Gasteiger partial charge on any atom is -0.326 e. The first-order valence-corrected chi connectivity index (χ1v) is 8.83. The van der Waals surface area contributed by atoms with Crippen molar-refractivity contribution in [2.45, 2.75) is 44.9 Å². The monoisotopic (exact) mass is 312 g/mol. The van der Waals surface area contributed by atoms with E-state index < -0.39 is 10.0 Å². The first-order valence-electron chi connectivity index (χ1n) is 7.35. The van der Waals surface area contributed by atoms with Gasteiger partial charge >= 0.3 is 0 Å². The molecule has 0 aliphatic heterocycles. The summed E-state index contributed by atoms with van der Waals surface area (Å²) < 4.78 is 26.4. The molecule has 0 saturated carbocycles. The van der Waals surface area contributed by atoms with E-state index in [0.717, 1.165) is 19.3 Å². The van der Waals surface area contributed by atoms with Crippen LogP contribution in [0, 0.1) is 5.92 Å². The highest BCUT2D eigenvalue weighted by molar-refractivity contribution is 7.89. The molecule has 5 nitrogen and oxygen atoms in total. The number of rotatable bonds is 8. The van der Waals surface area contributed by atoms with E-state index in [1.54, 1.807) is 12.1 Å². The summed E-state index contributed by atoms with van der Waals surface area (Å²) in [5.41, 5.74) is 0.612. The van der Waals surface area contributed by atoms with Crippen LogP contribution >= 0.6 is 0 Å². The van der Waals surface area contributed by atoms with Gasteiger partial charge in [-0.2, -0.15) is 0 Å². The number of nitrogens with one attached hydrogen (secondary N) is 2. The number of hydrogen-bond acceptors (Lipinski definition) is 3. The van der Waals surface area contributed by atoms with E-state index in [1.807, 2.05) is 20.8 Å². The largest absolute Gasteiger partial charge is 0.326 e. The second-order valence-corrected chi connectivity index (χ2v) is 6.69. The van der Waals surface area contributed by atoms with Crippen LogP contribution < -0.4 is 10.0 Å². The topological polar surface area (TPSA) is 75.3 Å². The summed E-state index contributed by atoms with van der Waals surface area (Å²) in [6.07, 6.45) is 2.31. The number of carbonyl (C=O) groups is 1. The van der Waals surface area contributed by atoms with Crippen molar-refractivity contribution in [2.75, 3.05) is 11.9 Å². The first-order chi connectivity index (χ1) is 9.94. The van der Waals surface area contributed by atoms with Crippen molar-refractivity contribution in [3.8, 4) is 0 Å². The third kappa shape index (κ3) is 5.13. The van der Waals surface area contributed by atoms with Gasteiger partial charge in [-0.25, -0.2) is 13.1 Å². The highest BCUT2D eigenvalue weighted by Gasteiger charge is 2.15. The Morgan fingerprint density at radius 1 is 1.10 bits per heavy atom. The molecule has 0 unspecified atom stereocenters. The van der Waals surface area contributed by atoms with Crippen LogP contribution in [0.5, 0.6) is 0 Å². The van der Waals surface area contributed by atoms with Crippen LogP contribution in [-0.2, 0) is 14.8 Å². The molecule has 0 spiro atoms. The highest BCUT2D eigenvalue weighted by Crippen LogP contribution is 2.16. The number of amides is 1. The molecule has 1 aromatic rings. The van der Waals surface area contributed by atoms with Crippen molar-refractivity contribution >= 4 is 21.6 Å². The molecule has 2 N–H and O–H groups in total. The summed E-state index contributed by atoms with van der Waals surface area (Å²) in [6, 6.07) is 6.22. The van der Waals surface area contributed by atoms with Gasteiger partial charge < -0.3 is 5.32 Å². The Kier molecular flexibility index (Phi) is 6.84. The fourth-order valence-corrected chi connectivity index (χ4v) is 3.07. The Morgan fingerprint density at radius 3 is 2.14 bits per heavy atom. The molecule has 0 bridgehead atoms. The van der Waals surface area contributed by atoms with E-state index in [2.05, 4.69) is 10.0 Å². The van der Waals surface area contributed by atoms with Gasteiger partial charge in [-0.05, 0) is 43.5 Å². The molecule has 1 aromatic carbocycles. The summed E-state index contributed by atoms with van der Waals surface area (Å²) in [4.78, 5) is 12.2. The lowest BCUT2D eigenvalue weighted by atomic mass is 10.0. The van der Waals surface area contributed by atoms with E-state index >= 15 is 0 Å². The quantitative estimate of drug-likeness (QED) is 0.775. The van der Waals surface area contributed by atoms with Crippen molar-refractivity contribution in [1.29, 1.82) is 0 Å². The van der Waals surface area contributed by atoms with Crippen molar-refractivity contribution in [3.05, 3.63) is 24.3 Å². The van der Waals surface area contributed by atoms with Gasteiger partial charge in [0, 0.05) is 18.2 Å². The van der Waals surface area contributed by atoms with Crippen molar-refractivity contribution < 1.29 is 13.2 Å². The lowest BCUT2D eigenvalue weighted by molar-refractivity contribution is -0.120. The lowest BCUT2D eigenvalue weighted by Crippen LogP contribution is -2.24. The normalized spacial score (nSPS) is 11.6. The van der Waals surface area contributed by atoms with Gasteiger partial charge in [-0.15, -0.1) is 0 Å². The fraction of sp³-hybridized carbons (Fsp3) is 0.533. The van der Waals surface area contributed by atoms with Crippen molar-refractivity contribution in [2.24, 2.45) is 5.92 Å². The Hall–Kier alpha value is -1.40. The number of benzene rings is 1. The van der Waals surface area contributed by atoms with Crippen LogP contribution in [0.4, 0.5) is 5.69 Å². The molecule has 0 fully saturated rings. The number of anilines is 1. The Balaban J connectivity index is 2.77. The molecule has 0 atom stereocenters. The van der Waals surface area contributed by atoms with Crippen molar-refractivity contribution in [1.82, 2.24) is 4.72 Å². The van der Waals surface area contributed by atoms with Crippen LogP contribution in [0.2, 0.25) is 0 Å². The van der Waals surface area contributed by atoms with Crippen LogP contribution in [0.15, 0.2) is 29.2 Å². The average Bonchev–Trinajstić information content (AvgIpc) is 2.47. The van der Waals surface area contributed by atoms with Crippen LogP contribution in [-0.4, -0.2) is 20.9 Å². The Labute approximate surface area is 127 Å². The van der Waals surface area contributed by atoms with Crippen LogP contribution in [0.1, 0.15) is 40.0 Å². The third-order valence-electron chi connectivity index (χ3n) is 3.33. The maximum absolute atomic E-state index is 12.0. The zero-order valence-electron chi connectivity index (χ0n) is 12.8. The Bertz CT molecular complexity index is 549. The van der Waals surface area contributed by atoms with Gasteiger partial charge in [0.1, 0.15) is 0 Å². The summed E-state index contributed by atoms with van der Waals surface area (Å²) in [7, 11) is -3.46. The van der Waals surface area contributed by atoms with E-state index in [4.69, 9.17) is 0 Å². The summed E-state index contributed by atoms with van der Waals surface area (Å²) in [5.74, 6) is -0.0423. The predicted octanol–water partition coefficient (Wildman–Crippen LogP) is 2.75. The molecule has 1 amide bonds. The van der Waals surface area contributed by atoms with Crippen LogP contribution in [0.25, 0.3) is 0 Å². The predicted molar refractivity (Wildman–Crippen MR) is 84.6 cm³/mol. The van der Waals surface area contributed by atoms with Gasteiger partial charge in [0.25, 0.3) is 0 Å². The fourth-order valence-electron chi connectivity index (χ4n) is 1.94. The maximum Gasteiger partial charge on any atom is 0.240 e. The summed E-state index contributed by atoms with van der Waals surface area (Å²) in [6.45, 7) is 6.26. The molecule has 0 heterocycles. The van der Waals surface area contributed by atoms with Gasteiger partial charge in [0.2, 0.25) is 15.9 Å². The second kappa shape index (κ2) is 8.14. The van der Waals surface area contributed by atoms with E-state index in [1.165, 1.54) is 12.1 Å². The number of hydrogen-bond donors (Lipinski definition) is 2. The highest BCUT2D eigenvalue weighted by atomic mass is 32.2. The van der Waals surface area contributed by atoms with Gasteiger partial charge in [-0.1, -0.05) is 20.8 Å². The summed E-state index contributed by atoms with van der Waals surface area (Å²) >= 11 is 0. The minimum atomic E-state index is -3.46. The maximum atomic E-state index is 12.0. The standard InChI is InChI=1S/C15H24N2O3S/c1-4-11-16-21(19,20)14-9-7-13(8-10-14)17-15(18)12(5-2)6-3/h7-10,12,16H,4-6,11H2,1-3H3,(H,17,18). The van der Waals surface area contributed by atoms with Crippen LogP contribution in [0.3, 0.4) is 0 Å². The number of carbonyl (C=O) groups excluding carboxylic acids is 1. The van der Waals surface area contributed by atoms with E-state index in [-0.39, 0.29) is 16.7 Å². The van der Waals surface area contributed by atoms with Gasteiger partial charge in [0.15, 0.2) is 0 Å². The molecule has 0 aliphatic rings. The first kappa shape index (κ1) is 17.7. The zero-order chi connectivity index (χ0) is 15.9. The minimum absolute atomic E-state index is 0.0142. The summed E-state index contributed by atoms with van der Waals surface area (Å²) in [5, 5.41) is 2.81. The van der Waals surface area contributed by atoms with E-state index in [9.17, 15) is 13.2 Å². The number of sulfonamides is 1. The average molecular weight is 312 g/mol. The molecule has 0 saturated heterocycles. The smallest absolute Gasteiger partial charge is 0.240 e. The molecule has 6 heteroatoms. The molecule has 0 radical (unpaired) electrons. The SMILES string of the molecule is CCCNS(=O)(=O)c1ccc(NC(=O)C(CC)CC)cc1. The molecular formula is C15H24N2O3S. The van der Waals surface area contributed by atoms with Gasteiger partial charge in [-0.3, -0.25) is 4.79 Å². The van der Waals surface area contributed by atoms with Crippen molar-refractivity contribution in [3.63, 3.8) is 0 Å². The second-order valence-electron chi connectivity index (χ2n) is 4.92. The van der Waals surface area contributed by atoms with Gasteiger partial charge in [0.05, 0.1) is 4.90 Å². The molecular weight excluding hydrogens is 288 g/mol. The molecule has 0 aromatic heterocycles. The molecule has 21 heavy (non-hydrogen) atoms. The zero-order valence-corrected chi connectivity index (χ0v) is 13.7. The molecule has 0 aliphatic carbocycles. The Morgan fingerprint density at radius 2 is 1.67 bits per heavy atom. The molecule has 1 rings (SSSR count).